The van der Waals surface area contributed by atoms with Crippen LogP contribution < -0.4 is 5.32 Å². The minimum Gasteiger partial charge on any atom is -0.337 e. The lowest BCUT2D eigenvalue weighted by atomic mass is 10.1. The Bertz CT molecular complexity index is 897. The summed E-state index contributed by atoms with van der Waals surface area (Å²) in [7, 11) is 0. The SMILES string of the molecule is Cc1cccc(C)c1NC(=O)CN1CCN(CC(=O)N2CCc3sccc3C2)CC1. The lowest BCUT2D eigenvalue weighted by Crippen LogP contribution is -2.51. The molecule has 0 saturated carbocycles. The van der Waals surface area contributed by atoms with Crippen LogP contribution in [0.1, 0.15) is 21.6 Å². The van der Waals surface area contributed by atoms with E-state index in [2.05, 4.69) is 26.6 Å². The Balaban J connectivity index is 1.21. The van der Waals surface area contributed by atoms with Crippen LogP contribution in [0.15, 0.2) is 29.6 Å². The van der Waals surface area contributed by atoms with Crippen molar-refractivity contribution in [3.63, 3.8) is 0 Å². The molecule has 2 aliphatic rings. The number of carbonyl (C=O) groups is 2. The lowest BCUT2D eigenvalue weighted by molar-refractivity contribution is -0.134. The molecule has 2 aromatic rings. The number of para-hydroxylation sites is 1. The van der Waals surface area contributed by atoms with E-state index in [9.17, 15) is 9.59 Å². The molecule has 1 N–H and O–H groups in total. The number of piperazine rings is 1. The third-order valence-corrected chi connectivity index (χ3v) is 7.12. The van der Waals surface area contributed by atoms with Crippen LogP contribution in [0.25, 0.3) is 0 Å². The molecule has 7 heteroatoms. The smallest absolute Gasteiger partial charge is 0.238 e. The van der Waals surface area contributed by atoms with Crippen LogP contribution >= 0.6 is 11.3 Å². The van der Waals surface area contributed by atoms with Gasteiger partial charge in [0.05, 0.1) is 13.1 Å². The van der Waals surface area contributed by atoms with E-state index < -0.39 is 0 Å². The predicted octanol–water partition coefficient (Wildman–Crippen LogP) is 2.51. The maximum atomic E-state index is 12.7. The quantitative estimate of drug-likeness (QED) is 0.798. The van der Waals surface area contributed by atoms with Crippen molar-refractivity contribution in [3.8, 4) is 0 Å². The first kappa shape index (κ1) is 21.0. The first-order valence-corrected chi connectivity index (χ1v) is 11.5. The zero-order valence-electron chi connectivity index (χ0n) is 17.8. The Hall–Kier alpha value is -2.22. The second-order valence-corrected chi connectivity index (χ2v) is 9.30. The highest BCUT2D eigenvalue weighted by Gasteiger charge is 2.25. The summed E-state index contributed by atoms with van der Waals surface area (Å²) in [4.78, 5) is 33.0. The highest BCUT2D eigenvalue weighted by atomic mass is 32.1. The molecule has 2 amide bonds. The summed E-state index contributed by atoms with van der Waals surface area (Å²) >= 11 is 1.80. The standard InChI is InChI=1S/C23H30N4O2S/c1-17-4-3-5-18(2)23(17)24-21(28)15-25-9-11-26(12-10-25)16-22(29)27-8-6-20-19(14-27)7-13-30-20/h3-5,7,13H,6,8-12,14-16H2,1-2H3,(H,24,28). The van der Waals surface area contributed by atoms with Crippen molar-refractivity contribution < 1.29 is 9.59 Å². The van der Waals surface area contributed by atoms with Crippen molar-refractivity contribution in [3.05, 3.63) is 51.2 Å². The van der Waals surface area contributed by atoms with Crippen LogP contribution in [0.4, 0.5) is 5.69 Å². The molecule has 2 aliphatic heterocycles. The van der Waals surface area contributed by atoms with Crippen molar-refractivity contribution in [2.75, 3.05) is 51.1 Å². The molecule has 0 radical (unpaired) electrons. The van der Waals surface area contributed by atoms with Crippen molar-refractivity contribution >= 4 is 28.8 Å². The Morgan fingerprint density at radius 3 is 2.33 bits per heavy atom. The number of fused-ring (bicyclic) bond motifs is 1. The molecule has 0 bridgehead atoms. The van der Waals surface area contributed by atoms with Gasteiger partial charge >= 0.3 is 0 Å². The van der Waals surface area contributed by atoms with E-state index in [4.69, 9.17) is 0 Å². The maximum absolute atomic E-state index is 12.7. The summed E-state index contributed by atoms with van der Waals surface area (Å²) < 4.78 is 0. The fourth-order valence-corrected chi connectivity index (χ4v) is 5.14. The van der Waals surface area contributed by atoms with Crippen LogP contribution in [0.2, 0.25) is 0 Å². The average Bonchev–Trinajstić information content (AvgIpc) is 3.20. The largest absolute Gasteiger partial charge is 0.337 e. The van der Waals surface area contributed by atoms with Gasteiger partial charge in [-0.05, 0) is 48.4 Å². The second-order valence-electron chi connectivity index (χ2n) is 8.30. The van der Waals surface area contributed by atoms with Gasteiger partial charge in [0.15, 0.2) is 0 Å². The van der Waals surface area contributed by atoms with Crippen LogP contribution in [0, 0.1) is 13.8 Å². The summed E-state index contributed by atoms with van der Waals surface area (Å²) in [6.45, 7) is 9.72. The van der Waals surface area contributed by atoms with E-state index in [1.165, 1.54) is 10.4 Å². The van der Waals surface area contributed by atoms with Crippen LogP contribution in [0.5, 0.6) is 0 Å². The monoisotopic (exact) mass is 426 g/mol. The van der Waals surface area contributed by atoms with Crippen molar-refractivity contribution in [1.82, 2.24) is 14.7 Å². The number of aryl methyl sites for hydroxylation is 2. The zero-order valence-corrected chi connectivity index (χ0v) is 18.6. The summed E-state index contributed by atoms with van der Waals surface area (Å²) in [5, 5.41) is 5.18. The molecule has 1 aromatic carbocycles. The highest BCUT2D eigenvalue weighted by Crippen LogP contribution is 2.24. The van der Waals surface area contributed by atoms with Crippen molar-refractivity contribution in [2.24, 2.45) is 0 Å². The summed E-state index contributed by atoms with van der Waals surface area (Å²) in [5.41, 5.74) is 4.39. The number of rotatable bonds is 5. The van der Waals surface area contributed by atoms with E-state index in [1.807, 2.05) is 36.9 Å². The third-order valence-electron chi connectivity index (χ3n) is 6.10. The third kappa shape index (κ3) is 4.91. The van der Waals surface area contributed by atoms with Gasteiger partial charge in [-0.2, -0.15) is 0 Å². The molecule has 1 aromatic heterocycles. The van der Waals surface area contributed by atoms with Gasteiger partial charge in [-0.3, -0.25) is 19.4 Å². The van der Waals surface area contributed by atoms with Gasteiger partial charge < -0.3 is 10.2 Å². The maximum Gasteiger partial charge on any atom is 0.238 e. The van der Waals surface area contributed by atoms with Crippen LogP contribution in [-0.4, -0.2) is 72.3 Å². The van der Waals surface area contributed by atoms with Crippen molar-refractivity contribution in [2.45, 2.75) is 26.8 Å². The molecular weight excluding hydrogens is 396 g/mol. The number of anilines is 1. The van der Waals surface area contributed by atoms with Gasteiger partial charge in [0.25, 0.3) is 0 Å². The molecule has 0 aliphatic carbocycles. The first-order valence-electron chi connectivity index (χ1n) is 10.6. The van der Waals surface area contributed by atoms with Gasteiger partial charge in [-0.1, -0.05) is 18.2 Å². The first-order chi connectivity index (χ1) is 14.5. The molecule has 4 rings (SSSR count). The fourth-order valence-electron chi connectivity index (χ4n) is 4.25. The van der Waals surface area contributed by atoms with Gasteiger partial charge in [-0.25, -0.2) is 0 Å². The molecule has 0 spiro atoms. The van der Waals surface area contributed by atoms with E-state index in [1.54, 1.807) is 11.3 Å². The molecule has 0 unspecified atom stereocenters. The Morgan fingerprint density at radius 1 is 0.967 bits per heavy atom. The molecule has 160 valence electrons. The molecule has 30 heavy (non-hydrogen) atoms. The zero-order chi connectivity index (χ0) is 21.1. The second kappa shape index (κ2) is 9.29. The average molecular weight is 427 g/mol. The summed E-state index contributed by atoms with van der Waals surface area (Å²) in [6, 6.07) is 8.17. The number of nitrogens with zero attached hydrogens (tertiary/aromatic N) is 3. The Kier molecular flexibility index (Phi) is 6.51. The number of hydrogen-bond donors (Lipinski definition) is 1. The molecule has 1 saturated heterocycles. The van der Waals surface area contributed by atoms with Gasteiger partial charge in [0.2, 0.25) is 11.8 Å². The number of amides is 2. The minimum atomic E-state index is 0.0248. The van der Waals surface area contributed by atoms with E-state index in [0.717, 1.165) is 62.5 Å². The van der Waals surface area contributed by atoms with E-state index in [-0.39, 0.29) is 11.8 Å². The number of nitrogens with one attached hydrogen (secondary N) is 1. The Labute approximate surface area is 182 Å². The predicted molar refractivity (Wildman–Crippen MR) is 121 cm³/mol. The van der Waals surface area contributed by atoms with E-state index in [0.29, 0.717) is 13.1 Å². The number of benzene rings is 1. The number of carbonyl (C=O) groups excluding carboxylic acids is 2. The summed E-state index contributed by atoms with van der Waals surface area (Å²) in [5.74, 6) is 0.241. The van der Waals surface area contributed by atoms with Crippen LogP contribution in [-0.2, 0) is 22.6 Å². The number of thiophene rings is 1. The fraction of sp³-hybridized carbons (Fsp3) is 0.478. The van der Waals surface area contributed by atoms with Gasteiger partial charge in [0, 0.05) is 49.8 Å². The lowest BCUT2D eigenvalue weighted by Gasteiger charge is -2.35. The number of hydrogen-bond acceptors (Lipinski definition) is 5. The van der Waals surface area contributed by atoms with Gasteiger partial charge in [0.1, 0.15) is 0 Å². The molecule has 1 fully saturated rings. The van der Waals surface area contributed by atoms with Gasteiger partial charge in [-0.15, -0.1) is 11.3 Å². The Morgan fingerprint density at radius 2 is 1.63 bits per heavy atom. The topological polar surface area (TPSA) is 55.9 Å². The van der Waals surface area contributed by atoms with E-state index >= 15 is 0 Å². The normalized spacial score (nSPS) is 17.6. The molecule has 6 nitrogen and oxygen atoms in total. The van der Waals surface area contributed by atoms with Crippen LogP contribution in [0.3, 0.4) is 0 Å². The molecular formula is C23H30N4O2S. The highest BCUT2D eigenvalue weighted by molar-refractivity contribution is 7.10. The molecule has 0 atom stereocenters. The minimum absolute atomic E-state index is 0.0248. The van der Waals surface area contributed by atoms with Crippen molar-refractivity contribution in [1.29, 1.82) is 0 Å². The summed E-state index contributed by atoms with van der Waals surface area (Å²) in [6.07, 6.45) is 0.974. The molecule has 3 heterocycles.